The first-order valence-electron chi connectivity index (χ1n) is 9.81. The Labute approximate surface area is 154 Å². The highest BCUT2D eigenvalue weighted by atomic mass is 16.5. The van der Waals surface area contributed by atoms with Gasteiger partial charge in [-0.25, -0.2) is 0 Å². The minimum absolute atomic E-state index is 0.0296. The number of carbonyl (C=O) groups is 3. The Morgan fingerprint density at radius 3 is 2.04 bits per heavy atom. The summed E-state index contributed by atoms with van der Waals surface area (Å²) in [5, 5.41) is 0. The fourth-order valence-electron chi connectivity index (χ4n) is 5.81. The van der Waals surface area contributed by atoms with Gasteiger partial charge in [-0.15, -0.1) is 0 Å². The van der Waals surface area contributed by atoms with Gasteiger partial charge in [0.1, 0.15) is 0 Å². The first-order chi connectivity index (χ1) is 12.5. The topological polar surface area (TPSA) is 60.4 Å². The SMILES string of the molecule is O=C(CCC(=O)c1ccccc1)OCC(=O)C12CC3CC(CC(C3)C1)C2. The smallest absolute Gasteiger partial charge is 0.306 e. The Morgan fingerprint density at radius 1 is 0.885 bits per heavy atom. The van der Waals surface area contributed by atoms with Crippen molar-refractivity contribution in [1.82, 2.24) is 0 Å². The van der Waals surface area contributed by atoms with E-state index in [9.17, 15) is 14.4 Å². The molecule has 26 heavy (non-hydrogen) atoms. The predicted molar refractivity (Wildman–Crippen MR) is 96.6 cm³/mol. The predicted octanol–water partition coefficient (Wildman–Crippen LogP) is 3.98. The van der Waals surface area contributed by atoms with E-state index in [-0.39, 0.29) is 36.4 Å². The zero-order chi connectivity index (χ0) is 18.1. The van der Waals surface area contributed by atoms with Gasteiger partial charge in [-0.3, -0.25) is 14.4 Å². The summed E-state index contributed by atoms with van der Waals surface area (Å²) in [5.74, 6) is 1.68. The second-order valence-electron chi connectivity index (χ2n) is 8.57. The number of hydrogen-bond acceptors (Lipinski definition) is 4. The van der Waals surface area contributed by atoms with Gasteiger partial charge in [0.2, 0.25) is 0 Å². The van der Waals surface area contributed by atoms with E-state index in [0.29, 0.717) is 23.3 Å². The number of carbonyl (C=O) groups excluding carboxylic acids is 3. The third kappa shape index (κ3) is 3.46. The molecule has 138 valence electrons. The van der Waals surface area contributed by atoms with Crippen molar-refractivity contribution in [2.75, 3.05) is 6.61 Å². The third-order valence-corrected chi connectivity index (χ3v) is 6.65. The van der Waals surface area contributed by atoms with Crippen LogP contribution < -0.4 is 0 Å². The number of benzene rings is 1. The molecule has 0 radical (unpaired) electrons. The third-order valence-electron chi connectivity index (χ3n) is 6.65. The average molecular weight is 354 g/mol. The lowest BCUT2D eigenvalue weighted by Gasteiger charge is -2.55. The highest BCUT2D eigenvalue weighted by Gasteiger charge is 2.54. The summed E-state index contributed by atoms with van der Waals surface area (Å²) in [5.41, 5.74) is 0.375. The van der Waals surface area contributed by atoms with Crippen molar-refractivity contribution < 1.29 is 19.1 Å². The minimum atomic E-state index is -0.452. The van der Waals surface area contributed by atoms with Crippen LogP contribution >= 0.6 is 0 Å². The Hall–Kier alpha value is -1.97. The molecular weight excluding hydrogens is 328 g/mol. The normalized spacial score (nSPS) is 31.6. The molecule has 1 aromatic rings. The van der Waals surface area contributed by atoms with Gasteiger partial charge in [-0.05, 0) is 56.3 Å². The molecule has 0 atom stereocenters. The number of Topliss-reactive ketones (excluding diaryl/α,β-unsaturated/α-hetero) is 2. The molecule has 0 heterocycles. The van der Waals surface area contributed by atoms with Crippen molar-refractivity contribution >= 4 is 17.5 Å². The molecule has 0 aromatic heterocycles. The summed E-state index contributed by atoms with van der Waals surface area (Å²) in [6.45, 7) is -0.121. The van der Waals surface area contributed by atoms with Gasteiger partial charge >= 0.3 is 5.97 Å². The molecule has 0 amide bonds. The monoisotopic (exact) mass is 354 g/mol. The standard InChI is InChI=1S/C22H26O4/c23-19(18-4-2-1-3-5-18)6-7-21(25)26-14-20(24)22-11-15-8-16(12-22)10-17(9-15)13-22/h1-5,15-17H,6-14H2. The molecular formula is C22H26O4. The van der Waals surface area contributed by atoms with Gasteiger partial charge in [-0.1, -0.05) is 30.3 Å². The van der Waals surface area contributed by atoms with Crippen LogP contribution in [0.3, 0.4) is 0 Å². The van der Waals surface area contributed by atoms with Gasteiger partial charge < -0.3 is 4.74 Å². The molecule has 4 nitrogen and oxygen atoms in total. The van der Waals surface area contributed by atoms with E-state index < -0.39 is 5.97 Å². The van der Waals surface area contributed by atoms with Crippen LogP contribution in [0.25, 0.3) is 0 Å². The molecule has 4 heteroatoms. The Morgan fingerprint density at radius 2 is 1.46 bits per heavy atom. The van der Waals surface area contributed by atoms with Crippen LogP contribution in [0.2, 0.25) is 0 Å². The maximum atomic E-state index is 12.8. The molecule has 4 bridgehead atoms. The zero-order valence-electron chi connectivity index (χ0n) is 15.1. The average Bonchev–Trinajstić information content (AvgIpc) is 2.63. The van der Waals surface area contributed by atoms with Crippen molar-refractivity contribution in [1.29, 1.82) is 0 Å². The second kappa shape index (κ2) is 6.98. The van der Waals surface area contributed by atoms with Crippen LogP contribution in [-0.2, 0) is 14.3 Å². The van der Waals surface area contributed by atoms with Gasteiger partial charge in [0.25, 0.3) is 0 Å². The lowest BCUT2D eigenvalue weighted by atomic mass is 9.48. The Bertz CT molecular complexity index is 671. The Balaban J connectivity index is 1.26. The van der Waals surface area contributed by atoms with Gasteiger partial charge in [0, 0.05) is 17.4 Å². The van der Waals surface area contributed by atoms with E-state index in [2.05, 4.69) is 0 Å². The van der Waals surface area contributed by atoms with Crippen molar-refractivity contribution in [2.45, 2.75) is 51.4 Å². The van der Waals surface area contributed by atoms with Crippen LogP contribution in [0.15, 0.2) is 30.3 Å². The van der Waals surface area contributed by atoms with E-state index in [1.807, 2.05) is 6.07 Å². The van der Waals surface area contributed by atoms with Gasteiger partial charge in [0.15, 0.2) is 18.2 Å². The van der Waals surface area contributed by atoms with Crippen LogP contribution in [0.1, 0.15) is 61.7 Å². The zero-order valence-corrected chi connectivity index (χ0v) is 15.1. The summed E-state index contributed by atoms with van der Waals surface area (Å²) in [4.78, 5) is 36.8. The fourth-order valence-corrected chi connectivity index (χ4v) is 5.81. The van der Waals surface area contributed by atoms with Crippen molar-refractivity contribution in [3.8, 4) is 0 Å². The van der Waals surface area contributed by atoms with E-state index in [1.54, 1.807) is 24.3 Å². The largest absolute Gasteiger partial charge is 0.458 e. The van der Waals surface area contributed by atoms with Crippen LogP contribution in [-0.4, -0.2) is 24.1 Å². The number of ether oxygens (including phenoxy) is 1. The summed E-state index contributed by atoms with van der Waals surface area (Å²) in [6, 6.07) is 8.93. The van der Waals surface area contributed by atoms with E-state index in [4.69, 9.17) is 4.74 Å². The molecule has 4 fully saturated rings. The van der Waals surface area contributed by atoms with Gasteiger partial charge in [-0.2, -0.15) is 0 Å². The molecule has 4 aliphatic rings. The van der Waals surface area contributed by atoms with Crippen molar-refractivity contribution in [3.05, 3.63) is 35.9 Å². The lowest BCUT2D eigenvalue weighted by Crippen LogP contribution is -2.51. The van der Waals surface area contributed by atoms with Crippen molar-refractivity contribution in [2.24, 2.45) is 23.2 Å². The lowest BCUT2D eigenvalue weighted by molar-refractivity contribution is -0.157. The number of rotatable bonds is 7. The molecule has 0 saturated heterocycles. The molecule has 5 rings (SSSR count). The summed E-state index contributed by atoms with van der Waals surface area (Å²) in [6.07, 6.45) is 6.97. The van der Waals surface area contributed by atoms with Gasteiger partial charge in [0.05, 0.1) is 6.42 Å². The maximum Gasteiger partial charge on any atom is 0.306 e. The van der Waals surface area contributed by atoms with E-state index in [1.165, 1.54) is 19.3 Å². The summed E-state index contributed by atoms with van der Waals surface area (Å²) < 4.78 is 5.24. The fraction of sp³-hybridized carbons (Fsp3) is 0.591. The quantitative estimate of drug-likeness (QED) is 0.549. The number of hydrogen-bond donors (Lipinski definition) is 0. The maximum absolute atomic E-state index is 12.8. The molecule has 0 spiro atoms. The molecule has 0 unspecified atom stereocenters. The van der Waals surface area contributed by atoms with Crippen LogP contribution in [0.4, 0.5) is 0 Å². The molecule has 0 N–H and O–H groups in total. The Kier molecular flexibility index (Phi) is 4.68. The molecule has 4 aliphatic carbocycles. The highest BCUT2D eigenvalue weighted by molar-refractivity contribution is 5.97. The molecule has 4 saturated carbocycles. The first kappa shape index (κ1) is 17.4. The molecule has 1 aromatic carbocycles. The van der Waals surface area contributed by atoms with Crippen LogP contribution in [0.5, 0.6) is 0 Å². The van der Waals surface area contributed by atoms with E-state index in [0.717, 1.165) is 19.3 Å². The molecule has 0 aliphatic heterocycles. The summed E-state index contributed by atoms with van der Waals surface area (Å²) in [7, 11) is 0. The first-order valence-corrected chi connectivity index (χ1v) is 9.81. The highest BCUT2D eigenvalue weighted by Crippen LogP contribution is 2.60. The summed E-state index contributed by atoms with van der Waals surface area (Å²) >= 11 is 0. The van der Waals surface area contributed by atoms with E-state index >= 15 is 0 Å². The second-order valence-corrected chi connectivity index (χ2v) is 8.57. The van der Waals surface area contributed by atoms with Crippen LogP contribution in [0, 0.1) is 23.2 Å². The number of esters is 1. The van der Waals surface area contributed by atoms with Crippen molar-refractivity contribution in [3.63, 3.8) is 0 Å². The number of ketones is 2. The minimum Gasteiger partial charge on any atom is -0.458 e.